The lowest BCUT2D eigenvalue weighted by Crippen LogP contribution is -2.67. The van der Waals surface area contributed by atoms with Gasteiger partial charge in [-0.2, -0.15) is 0 Å². The fraction of sp³-hybridized carbons (Fsp3) is 1.00. The summed E-state index contributed by atoms with van der Waals surface area (Å²) < 4.78 is 81.3. The lowest BCUT2D eigenvalue weighted by atomic mass is 9.95. The van der Waals surface area contributed by atoms with Crippen molar-refractivity contribution in [2.45, 2.75) is 250 Å². The molecule has 21 heterocycles. The normalized spacial score (nSPS) is 58.4. The Morgan fingerprint density at radius 1 is 0.208 bits per heavy atom. The van der Waals surface area contributed by atoms with Gasteiger partial charge in [0, 0.05) is 0 Å². The molecule has 0 radical (unpaired) electrons. The maximum absolute atomic E-state index is 11.3. The number of hydrogen-bond acceptors (Lipinski definition) is 30. The third kappa shape index (κ3) is 10.8. The minimum Gasteiger partial charge on any atom is -0.394 e. The summed E-state index contributed by atoms with van der Waals surface area (Å²) in [5.41, 5.74) is 0. The van der Waals surface area contributed by atoms with Crippen molar-refractivity contribution in [2.75, 3.05) is 13.2 Å². The number of rotatable bonds is 2. The molecule has 418 valence electrons. The van der Waals surface area contributed by atoms with E-state index in [1.807, 2.05) is 0 Å². The molecule has 0 aromatic rings. The topological polar surface area (TPSA) is 453 Å². The van der Waals surface area contributed by atoms with Crippen molar-refractivity contribution in [1.29, 1.82) is 0 Å². The molecule has 0 aromatic heterocycles. The molecule has 0 spiro atoms. The highest BCUT2D eigenvalue weighted by Gasteiger charge is 2.58. The number of ether oxygens (including phenoxy) is 14. The minimum absolute atomic E-state index is 0.937. The van der Waals surface area contributed by atoms with E-state index in [1.165, 1.54) is 34.6 Å². The molecule has 35 atom stereocenters. The summed E-state index contributed by atoms with van der Waals surface area (Å²) in [4.78, 5) is 0. The van der Waals surface area contributed by atoms with E-state index in [0.29, 0.717) is 0 Å². The van der Waals surface area contributed by atoms with E-state index >= 15 is 0 Å². The standard InChI is InChI=1S/C42H70O30/c1-8-29-15(45)22(52)36(59-8)67-30-9(2)61-38(24(54)17(30)47)69-32-11(4)63-40(26(56)19(32)49)71-34-13(6-43)65-42(28(58)21(34)51)72-35-14(7-44)64-41(27(57)20(35)50)70-33-12(5)62-39(25(55)18(33)48)68-31-10(3)60-37(66-29)23(53)16(31)46/h8-58H,6-7H2,1-5H3. The predicted molar refractivity (Wildman–Crippen MR) is 221 cm³/mol. The van der Waals surface area contributed by atoms with Gasteiger partial charge in [0.05, 0.1) is 43.7 Å². The Hall–Kier alpha value is -1.20. The second kappa shape index (κ2) is 23.0. The van der Waals surface area contributed by atoms with Gasteiger partial charge >= 0.3 is 0 Å². The molecule has 0 saturated carbocycles. The molecule has 21 fully saturated rings. The van der Waals surface area contributed by atoms with E-state index < -0.39 is 228 Å². The smallest absolute Gasteiger partial charge is 0.187 e. The van der Waals surface area contributed by atoms with Crippen LogP contribution >= 0.6 is 0 Å². The van der Waals surface area contributed by atoms with Crippen LogP contribution in [0.3, 0.4) is 0 Å². The van der Waals surface area contributed by atoms with E-state index in [1.54, 1.807) is 0 Å². The first kappa shape index (κ1) is 57.0. The van der Waals surface area contributed by atoms with Crippen LogP contribution in [-0.4, -0.2) is 310 Å². The second-order valence-corrected chi connectivity index (χ2v) is 19.6. The van der Waals surface area contributed by atoms with Crippen LogP contribution in [0.4, 0.5) is 0 Å². The SMILES string of the molecule is CC1OC2OC3C(C)OC(OC4C(C)OC(OC5C(CO)OC(OC6C(CO)OC(OC7C(C)OC(OC8C(C)OC(OC1C(O)C2O)C(O)C8O)C(O)C7O)C(O)C6O)C(O)C5O)C(O)C4O)C(O)C3O. The molecule has 30 nitrogen and oxygen atoms in total. The Morgan fingerprint density at radius 2 is 0.361 bits per heavy atom. The molecule has 0 amide bonds. The van der Waals surface area contributed by atoms with Crippen LogP contribution in [-0.2, 0) is 66.3 Å². The Labute approximate surface area is 410 Å². The van der Waals surface area contributed by atoms with Gasteiger partial charge in [-0.25, -0.2) is 0 Å². The van der Waals surface area contributed by atoms with Crippen LogP contribution < -0.4 is 0 Å². The maximum Gasteiger partial charge on any atom is 0.187 e. The molecule has 35 unspecified atom stereocenters. The quantitative estimate of drug-likeness (QED) is 0.122. The second-order valence-electron chi connectivity index (χ2n) is 19.6. The van der Waals surface area contributed by atoms with Gasteiger partial charge in [-0.15, -0.1) is 0 Å². The summed E-state index contributed by atoms with van der Waals surface area (Å²) in [7, 11) is 0. The van der Waals surface area contributed by atoms with E-state index in [2.05, 4.69) is 0 Å². The van der Waals surface area contributed by atoms with Crippen LogP contribution in [0.15, 0.2) is 0 Å². The van der Waals surface area contributed by atoms with Crippen LogP contribution in [0.25, 0.3) is 0 Å². The number of hydrogen-bond donors (Lipinski definition) is 16. The van der Waals surface area contributed by atoms with Crippen molar-refractivity contribution in [3.8, 4) is 0 Å². The monoisotopic (exact) mass is 1050 g/mol. The summed E-state index contributed by atoms with van der Waals surface area (Å²) in [6, 6.07) is 0. The molecule has 21 saturated heterocycles. The average Bonchev–Trinajstić information content (AvgIpc) is 3.34. The fourth-order valence-corrected chi connectivity index (χ4v) is 10.3. The van der Waals surface area contributed by atoms with Crippen molar-refractivity contribution < 1.29 is 148 Å². The molecule has 14 bridgehead atoms. The summed E-state index contributed by atoms with van der Waals surface area (Å²) in [6.07, 6.45) is -59.8. The highest BCUT2D eigenvalue weighted by molar-refractivity contribution is 5.00. The molecule has 0 aromatic carbocycles. The lowest BCUT2D eigenvalue weighted by Gasteiger charge is -2.49. The van der Waals surface area contributed by atoms with Crippen molar-refractivity contribution in [2.24, 2.45) is 0 Å². The highest BCUT2D eigenvalue weighted by atomic mass is 16.8. The molecular formula is C42H70O30. The Kier molecular flexibility index (Phi) is 18.2. The predicted octanol–water partition coefficient (Wildman–Crippen LogP) is -10.1. The molecule has 30 heteroatoms. The van der Waals surface area contributed by atoms with Crippen molar-refractivity contribution >= 4 is 0 Å². The summed E-state index contributed by atoms with van der Waals surface area (Å²) in [5.74, 6) is 0. The third-order valence-corrected chi connectivity index (χ3v) is 14.6. The third-order valence-electron chi connectivity index (χ3n) is 14.6. The first-order chi connectivity index (χ1) is 34.0. The fourth-order valence-electron chi connectivity index (χ4n) is 10.3. The van der Waals surface area contributed by atoms with Crippen LogP contribution in [0.5, 0.6) is 0 Å². The Balaban J connectivity index is 1.04. The Morgan fingerprint density at radius 3 is 0.542 bits per heavy atom. The van der Waals surface area contributed by atoms with Crippen molar-refractivity contribution in [1.82, 2.24) is 0 Å². The summed E-state index contributed by atoms with van der Waals surface area (Å²) >= 11 is 0. The van der Waals surface area contributed by atoms with Crippen LogP contribution in [0, 0.1) is 0 Å². The molecule has 72 heavy (non-hydrogen) atoms. The van der Waals surface area contributed by atoms with Crippen molar-refractivity contribution in [3.05, 3.63) is 0 Å². The number of aliphatic hydroxyl groups is 16. The molecular weight excluding hydrogens is 984 g/mol. The zero-order valence-corrected chi connectivity index (χ0v) is 39.5. The summed E-state index contributed by atoms with van der Waals surface area (Å²) in [5, 5.41) is 178. The van der Waals surface area contributed by atoms with Gasteiger partial charge in [0.25, 0.3) is 0 Å². The van der Waals surface area contributed by atoms with Gasteiger partial charge in [-0.05, 0) is 34.6 Å². The maximum atomic E-state index is 11.3. The largest absolute Gasteiger partial charge is 0.394 e. The molecule has 0 aliphatic carbocycles. The molecule has 16 N–H and O–H groups in total. The van der Waals surface area contributed by atoms with E-state index in [0.717, 1.165) is 0 Å². The van der Waals surface area contributed by atoms with Crippen LogP contribution in [0.1, 0.15) is 34.6 Å². The average molecular weight is 1050 g/mol. The zero-order chi connectivity index (χ0) is 52.5. The molecule has 21 aliphatic heterocycles. The van der Waals surface area contributed by atoms with E-state index in [-0.39, 0.29) is 0 Å². The van der Waals surface area contributed by atoms with Gasteiger partial charge in [0.1, 0.15) is 140 Å². The van der Waals surface area contributed by atoms with E-state index in [4.69, 9.17) is 66.3 Å². The van der Waals surface area contributed by atoms with Gasteiger partial charge in [0.15, 0.2) is 44.0 Å². The lowest BCUT2D eigenvalue weighted by molar-refractivity contribution is -0.393. The zero-order valence-electron chi connectivity index (χ0n) is 39.5. The first-order valence-electron chi connectivity index (χ1n) is 23.9. The van der Waals surface area contributed by atoms with Crippen LogP contribution in [0.2, 0.25) is 0 Å². The number of aliphatic hydroxyl groups excluding tert-OH is 16. The van der Waals surface area contributed by atoms with Gasteiger partial charge in [-0.3, -0.25) is 0 Å². The molecule has 21 rings (SSSR count). The van der Waals surface area contributed by atoms with Gasteiger partial charge in [-0.1, -0.05) is 0 Å². The Bertz CT molecular complexity index is 1740. The van der Waals surface area contributed by atoms with Crippen molar-refractivity contribution in [3.63, 3.8) is 0 Å². The minimum atomic E-state index is -2.08. The van der Waals surface area contributed by atoms with Gasteiger partial charge < -0.3 is 148 Å². The summed E-state index contributed by atoms with van der Waals surface area (Å²) in [6.45, 7) is 5.07. The van der Waals surface area contributed by atoms with E-state index in [9.17, 15) is 81.7 Å². The van der Waals surface area contributed by atoms with Gasteiger partial charge in [0.2, 0.25) is 0 Å². The first-order valence-corrected chi connectivity index (χ1v) is 23.9. The highest BCUT2D eigenvalue weighted by Crippen LogP contribution is 2.38. The molecule has 21 aliphatic rings.